The summed E-state index contributed by atoms with van der Waals surface area (Å²) in [5, 5.41) is 0. The first-order valence-electron chi connectivity index (χ1n) is 6.61. The lowest BCUT2D eigenvalue weighted by Gasteiger charge is -2.50. The zero-order valence-electron chi connectivity index (χ0n) is 10.9. The van der Waals surface area contributed by atoms with Crippen LogP contribution in [0.1, 0.15) is 40.0 Å². The maximum atomic E-state index is 6.31. The van der Waals surface area contributed by atoms with Crippen LogP contribution < -0.4 is 5.73 Å². The topological polar surface area (TPSA) is 38.5 Å². The van der Waals surface area contributed by atoms with E-state index >= 15 is 0 Å². The SMILES string of the molecule is CC1CCC(N)C(N2CCOCC2(C)C)C1. The third kappa shape index (κ3) is 2.41. The van der Waals surface area contributed by atoms with Gasteiger partial charge in [0, 0.05) is 24.2 Å². The third-order valence-corrected chi connectivity index (χ3v) is 4.24. The number of nitrogens with zero attached hydrogens (tertiary/aromatic N) is 1. The Labute approximate surface area is 99.3 Å². The van der Waals surface area contributed by atoms with E-state index in [9.17, 15) is 0 Å². The van der Waals surface area contributed by atoms with Crippen LogP contribution >= 0.6 is 0 Å². The lowest BCUT2D eigenvalue weighted by molar-refractivity contribution is -0.0848. The molecule has 0 spiro atoms. The maximum absolute atomic E-state index is 6.31. The molecule has 2 fully saturated rings. The standard InChI is InChI=1S/C13H26N2O/c1-10-4-5-11(14)12(8-10)15-6-7-16-9-13(15,2)3/h10-12H,4-9,14H2,1-3H3. The van der Waals surface area contributed by atoms with Crippen LogP contribution in [0.4, 0.5) is 0 Å². The van der Waals surface area contributed by atoms with E-state index in [1.807, 2.05) is 0 Å². The molecule has 16 heavy (non-hydrogen) atoms. The van der Waals surface area contributed by atoms with Gasteiger partial charge in [0.05, 0.1) is 13.2 Å². The molecule has 2 rings (SSSR count). The van der Waals surface area contributed by atoms with Gasteiger partial charge in [-0.05, 0) is 39.0 Å². The molecule has 1 heterocycles. The van der Waals surface area contributed by atoms with Crippen molar-refractivity contribution in [2.75, 3.05) is 19.8 Å². The first-order chi connectivity index (χ1) is 7.50. The number of morpholine rings is 1. The normalized spacial score (nSPS) is 40.9. The van der Waals surface area contributed by atoms with Gasteiger partial charge in [-0.15, -0.1) is 0 Å². The quantitative estimate of drug-likeness (QED) is 0.738. The zero-order chi connectivity index (χ0) is 11.8. The summed E-state index contributed by atoms with van der Waals surface area (Å²) < 4.78 is 5.59. The highest BCUT2D eigenvalue weighted by atomic mass is 16.5. The molecule has 0 bridgehead atoms. The van der Waals surface area contributed by atoms with Crippen molar-refractivity contribution >= 4 is 0 Å². The van der Waals surface area contributed by atoms with E-state index in [-0.39, 0.29) is 5.54 Å². The van der Waals surface area contributed by atoms with Gasteiger partial charge >= 0.3 is 0 Å². The van der Waals surface area contributed by atoms with Crippen molar-refractivity contribution in [3.05, 3.63) is 0 Å². The van der Waals surface area contributed by atoms with E-state index in [4.69, 9.17) is 10.5 Å². The Kier molecular flexibility index (Phi) is 3.57. The smallest absolute Gasteiger partial charge is 0.0645 e. The number of rotatable bonds is 1. The van der Waals surface area contributed by atoms with Gasteiger partial charge in [-0.3, -0.25) is 4.90 Å². The molecule has 1 aliphatic heterocycles. The van der Waals surface area contributed by atoms with Crippen molar-refractivity contribution in [2.24, 2.45) is 11.7 Å². The Morgan fingerprint density at radius 1 is 1.31 bits per heavy atom. The Bertz CT molecular complexity index is 242. The van der Waals surface area contributed by atoms with Gasteiger partial charge in [-0.25, -0.2) is 0 Å². The summed E-state index contributed by atoms with van der Waals surface area (Å²) in [4.78, 5) is 2.59. The molecule has 0 aromatic carbocycles. The van der Waals surface area contributed by atoms with Gasteiger partial charge in [-0.2, -0.15) is 0 Å². The predicted molar refractivity (Wildman–Crippen MR) is 66.4 cm³/mol. The number of hydrogen-bond donors (Lipinski definition) is 1. The highest BCUT2D eigenvalue weighted by molar-refractivity contribution is 4.96. The molecule has 0 radical (unpaired) electrons. The van der Waals surface area contributed by atoms with E-state index < -0.39 is 0 Å². The Hall–Kier alpha value is -0.120. The molecule has 2 N–H and O–H groups in total. The average Bonchev–Trinajstić information content (AvgIpc) is 2.22. The first-order valence-corrected chi connectivity index (χ1v) is 6.61. The fourth-order valence-electron chi connectivity index (χ4n) is 3.22. The predicted octanol–water partition coefficient (Wildman–Crippen LogP) is 1.61. The third-order valence-electron chi connectivity index (χ3n) is 4.24. The molecule has 3 unspecified atom stereocenters. The molecule has 3 nitrogen and oxygen atoms in total. The minimum atomic E-state index is 0.150. The van der Waals surface area contributed by atoms with Crippen molar-refractivity contribution in [1.82, 2.24) is 4.90 Å². The second-order valence-corrected chi connectivity index (χ2v) is 6.21. The molecular weight excluding hydrogens is 200 g/mol. The second-order valence-electron chi connectivity index (χ2n) is 6.21. The fourth-order valence-corrected chi connectivity index (χ4v) is 3.22. The molecule has 0 amide bonds. The maximum Gasteiger partial charge on any atom is 0.0645 e. The Morgan fingerprint density at radius 2 is 2.06 bits per heavy atom. The van der Waals surface area contributed by atoms with Gasteiger partial charge in [0.2, 0.25) is 0 Å². The minimum absolute atomic E-state index is 0.150. The van der Waals surface area contributed by atoms with E-state index in [0.717, 1.165) is 25.7 Å². The molecule has 0 aromatic heterocycles. The van der Waals surface area contributed by atoms with Crippen LogP contribution in [0.5, 0.6) is 0 Å². The monoisotopic (exact) mass is 226 g/mol. The number of ether oxygens (including phenoxy) is 1. The van der Waals surface area contributed by atoms with Crippen LogP contribution in [0.25, 0.3) is 0 Å². The van der Waals surface area contributed by atoms with Crippen LogP contribution in [0.2, 0.25) is 0 Å². The van der Waals surface area contributed by atoms with Crippen LogP contribution in [-0.2, 0) is 4.74 Å². The average molecular weight is 226 g/mol. The number of nitrogens with two attached hydrogens (primary N) is 1. The summed E-state index contributed by atoms with van der Waals surface area (Å²) in [6, 6.07) is 0.913. The summed E-state index contributed by atoms with van der Waals surface area (Å²) >= 11 is 0. The molecule has 1 saturated carbocycles. The Morgan fingerprint density at radius 3 is 2.75 bits per heavy atom. The molecule has 0 aromatic rings. The summed E-state index contributed by atoms with van der Waals surface area (Å²) in [5.74, 6) is 0.823. The molecule has 1 aliphatic carbocycles. The summed E-state index contributed by atoms with van der Waals surface area (Å²) in [7, 11) is 0. The molecule has 3 heteroatoms. The lowest BCUT2D eigenvalue weighted by Crippen LogP contribution is -2.62. The van der Waals surface area contributed by atoms with Crippen LogP contribution in [0.3, 0.4) is 0 Å². The van der Waals surface area contributed by atoms with E-state index in [2.05, 4.69) is 25.7 Å². The number of hydrogen-bond acceptors (Lipinski definition) is 3. The van der Waals surface area contributed by atoms with Crippen molar-refractivity contribution in [1.29, 1.82) is 0 Å². The van der Waals surface area contributed by atoms with Gasteiger partial charge in [-0.1, -0.05) is 6.92 Å². The van der Waals surface area contributed by atoms with E-state index in [1.165, 1.54) is 19.3 Å². The summed E-state index contributed by atoms with van der Waals surface area (Å²) in [5.41, 5.74) is 6.46. The zero-order valence-corrected chi connectivity index (χ0v) is 10.9. The molecule has 1 saturated heterocycles. The lowest BCUT2D eigenvalue weighted by atomic mass is 9.81. The molecule has 3 atom stereocenters. The molecule has 94 valence electrons. The van der Waals surface area contributed by atoms with Gasteiger partial charge in [0.25, 0.3) is 0 Å². The van der Waals surface area contributed by atoms with Crippen LogP contribution in [0, 0.1) is 5.92 Å². The van der Waals surface area contributed by atoms with Crippen molar-refractivity contribution in [2.45, 2.75) is 57.7 Å². The van der Waals surface area contributed by atoms with Crippen molar-refractivity contribution < 1.29 is 4.74 Å². The molecular formula is C13H26N2O. The van der Waals surface area contributed by atoms with Crippen molar-refractivity contribution in [3.8, 4) is 0 Å². The second kappa shape index (κ2) is 4.63. The first kappa shape index (κ1) is 12.3. The Balaban J connectivity index is 2.08. The van der Waals surface area contributed by atoms with Gasteiger partial charge in [0.1, 0.15) is 0 Å². The van der Waals surface area contributed by atoms with E-state index in [1.54, 1.807) is 0 Å². The van der Waals surface area contributed by atoms with Crippen LogP contribution in [0.15, 0.2) is 0 Å². The highest BCUT2D eigenvalue weighted by Crippen LogP contribution is 2.32. The van der Waals surface area contributed by atoms with E-state index in [0.29, 0.717) is 12.1 Å². The summed E-state index contributed by atoms with van der Waals surface area (Å²) in [6.07, 6.45) is 3.73. The van der Waals surface area contributed by atoms with Gasteiger partial charge < -0.3 is 10.5 Å². The molecule has 2 aliphatic rings. The van der Waals surface area contributed by atoms with Gasteiger partial charge in [0.15, 0.2) is 0 Å². The van der Waals surface area contributed by atoms with Crippen LogP contribution in [-0.4, -0.2) is 42.3 Å². The fraction of sp³-hybridized carbons (Fsp3) is 1.00. The highest BCUT2D eigenvalue weighted by Gasteiger charge is 2.39. The van der Waals surface area contributed by atoms with Crippen molar-refractivity contribution in [3.63, 3.8) is 0 Å². The summed E-state index contributed by atoms with van der Waals surface area (Å²) in [6.45, 7) is 9.65. The largest absolute Gasteiger partial charge is 0.378 e. The minimum Gasteiger partial charge on any atom is -0.378 e.